The average Bonchev–Trinajstić information content (AvgIpc) is 2.54. The van der Waals surface area contributed by atoms with Crippen LogP contribution in [0.4, 0.5) is 0 Å². The van der Waals surface area contributed by atoms with Crippen LogP contribution in [0.3, 0.4) is 0 Å². The monoisotopic (exact) mass is 307 g/mol. The van der Waals surface area contributed by atoms with Gasteiger partial charge in [-0.15, -0.1) is 0 Å². The van der Waals surface area contributed by atoms with Gasteiger partial charge < -0.3 is 9.52 Å². The molecule has 1 aromatic heterocycles. The van der Waals surface area contributed by atoms with Gasteiger partial charge in [0.05, 0.1) is 17.6 Å². The van der Waals surface area contributed by atoms with E-state index in [1.54, 1.807) is 31.2 Å². The fourth-order valence-corrected chi connectivity index (χ4v) is 2.52. The van der Waals surface area contributed by atoms with Crippen molar-refractivity contribution >= 4 is 16.7 Å². The van der Waals surface area contributed by atoms with Gasteiger partial charge in [0.15, 0.2) is 0 Å². The molecule has 2 aromatic carbocycles. The third-order valence-electron chi connectivity index (χ3n) is 3.90. The van der Waals surface area contributed by atoms with Gasteiger partial charge in [0.2, 0.25) is 0 Å². The first-order valence-corrected chi connectivity index (χ1v) is 7.38. The second-order valence-electron chi connectivity index (χ2n) is 5.44. The topological polar surface area (TPSA) is 62.8 Å². The van der Waals surface area contributed by atoms with Crippen LogP contribution in [0.1, 0.15) is 23.6 Å². The Kier molecular flexibility index (Phi) is 3.98. The van der Waals surface area contributed by atoms with Crippen LogP contribution in [-0.2, 0) is 6.54 Å². The van der Waals surface area contributed by atoms with Crippen molar-refractivity contribution in [2.24, 2.45) is 4.99 Å². The molecule has 4 heteroatoms. The fraction of sp³-hybridized carbons (Fsp3) is 0.158. The molecule has 0 amide bonds. The fourth-order valence-electron chi connectivity index (χ4n) is 2.52. The maximum atomic E-state index is 12.2. The third-order valence-corrected chi connectivity index (χ3v) is 3.90. The van der Waals surface area contributed by atoms with Crippen molar-refractivity contribution in [1.29, 1.82) is 0 Å². The van der Waals surface area contributed by atoms with E-state index in [4.69, 9.17) is 4.42 Å². The lowest BCUT2D eigenvalue weighted by Gasteiger charge is -2.07. The van der Waals surface area contributed by atoms with Crippen molar-refractivity contribution in [2.75, 3.05) is 0 Å². The summed E-state index contributed by atoms with van der Waals surface area (Å²) in [6.07, 6.45) is 0. The molecule has 0 saturated heterocycles. The molecule has 3 rings (SSSR count). The molecule has 0 saturated carbocycles. The molecule has 0 bridgehead atoms. The van der Waals surface area contributed by atoms with E-state index < -0.39 is 5.63 Å². The molecular formula is C19H17NO3. The minimum atomic E-state index is -0.577. The van der Waals surface area contributed by atoms with E-state index >= 15 is 0 Å². The van der Waals surface area contributed by atoms with Crippen LogP contribution in [0, 0.1) is 6.92 Å². The summed E-state index contributed by atoms with van der Waals surface area (Å²) in [6.45, 7) is 4.17. The molecule has 23 heavy (non-hydrogen) atoms. The Labute approximate surface area is 133 Å². The molecule has 0 fully saturated rings. The van der Waals surface area contributed by atoms with Crippen LogP contribution in [0.25, 0.3) is 11.0 Å². The number of hydrogen-bond donors (Lipinski definition) is 1. The molecule has 0 atom stereocenters. The van der Waals surface area contributed by atoms with Gasteiger partial charge in [-0.3, -0.25) is 4.99 Å². The third kappa shape index (κ3) is 2.88. The summed E-state index contributed by atoms with van der Waals surface area (Å²) in [6, 6.07) is 14.8. The Morgan fingerprint density at radius 3 is 2.61 bits per heavy atom. The molecule has 3 aromatic rings. The van der Waals surface area contributed by atoms with Gasteiger partial charge in [0, 0.05) is 0 Å². The highest BCUT2D eigenvalue weighted by atomic mass is 16.4. The van der Waals surface area contributed by atoms with Gasteiger partial charge in [-0.1, -0.05) is 36.4 Å². The van der Waals surface area contributed by atoms with Crippen molar-refractivity contribution in [3.05, 3.63) is 75.6 Å². The summed E-state index contributed by atoms with van der Waals surface area (Å²) in [5, 5.41) is 10.9. The van der Waals surface area contributed by atoms with E-state index in [9.17, 15) is 9.90 Å². The molecule has 0 aliphatic rings. The predicted molar refractivity (Wildman–Crippen MR) is 91.2 cm³/mol. The first-order chi connectivity index (χ1) is 11.1. The summed E-state index contributed by atoms with van der Waals surface area (Å²) in [4.78, 5) is 16.6. The van der Waals surface area contributed by atoms with Crippen LogP contribution in [-0.4, -0.2) is 10.8 Å². The number of aromatic hydroxyl groups is 1. The van der Waals surface area contributed by atoms with Gasteiger partial charge in [0.25, 0.3) is 0 Å². The van der Waals surface area contributed by atoms with Crippen molar-refractivity contribution < 1.29 is 9.52 Å². The number of hydrogen-bond acceptors (Lipinski definition) is 4. The molecule has 0 radical (unpaired) electrons. The number of benzene rings is 2. The molecule has 4 nitrogen and oxygen atoms in total. The summed E-state index contributed by atoms with van der Waals surface area (Å²) in [5.74, 6) is -0.0807. The lowest BCUT2D eigenvalue weighted by molar-refractivity contribution is 0.466. The van der Waals surface area contributed by atoms with E-state index in [-0.39, 0.29) is 11.3 Å². The number of para-hydroxylation sites is 1. The minimum absolute atomic E-state index is 0.0807. The smallest absolute Gasteiger partial charge is 0.349 e. The first kappa shape index (κ1) is 15.0. The molecule has 0 aliphatic heterocycles. The van der Waals surface area contributed by atoms with Gasteiger partial charge in [-0.25, -0.2) is 4.79 Å². The quantitative estimate of drug-likeness (QED) is 0.591. The Morgan fingerprint density at radius 2 is 1.83 bits per heavy atom. The summed E-state index contributed by atoms with van der Waals surface area (Å²) in [5.41, 5.74) is 2.59. The van der Waals surface area contributed by atoms with Gasteiger partial charge >= 0.3 is 5.63 Å². The van der Waals surface area contributed by atoms with Crippen molar-refractivity contribution in [1.82, 2.24) is 0 Å². The van der Waals surface area contributed by atoms with E-state index in [1.165, 1.54) is 0 Å². The van der Waals surface area contributed by atoms with E-state index in [0.717, 1.165) is 11.1 Å². The molecule has 0 spiro atoms. The average molecular weight is 307 g/mol. The summed E-state index contributed by atoms with van der Waals surface area (Å²) < 4.78 is 5.27. The highest BCUT2D eigenvalue weighted by molar-refractivity contribution is 6.04. The Hall–Kier alpha value is -2.88. The minimum Gasteiger partial charge on any atom is -0.506 e. The van der Waals surface area contributed by atoms with Crippen molar-refractivity contribution in [2.45, 2.75) is 20.4 Å². The number of aliphatic imine (C=N–C) groups is 1. The maximum Gasteiger partial charge on any atom is 0.349 e. The Balaban J connectivity index is 2.04. The summed E-state index contributed by atoms with van der Waals surface area (Å²) >= 11 is 0. The molecule has 1 N–H and O–H groups in total. The van der Waals surface area contributed by atoms with E-state index in [1.807, 2.05) is 31.2 Å². The first-order valence-electron chi connectivity index (χ1n) is 7.38. The molecule has 0 unspecified atom stereocenters. The predicted octanol–water partition coefficient (Wildman–Crippen LogP) is 3.82. The van der Waals surface area contributed by atoms with Gasteiger partial charge in [-0.2, -0.15) is 0 Å². The second kappa shape index (κ2) is 6.08. The highest BCUT2D eigenvalue weighted by Gasteiger charge is 2.16. The van der Waals surface area contributed by atoms with Crippen molar-refractivity contribution in [3.63, 3.8) is 0 Å². The highest BCUT2D eigenvalue weighted by Crippen LogP contribution is 2.26. The molecular weight excluding hydrogens is 290 g/mol. The van der Waals surface area contributed by atoms with Crippen molar-refractivity contribution in [3.8, 4) is 5.75 Å². The molecule has 1 heterocycles. The Morgan fingerprint density at radius 1 is 1.13 bits per heavy atom. The second-order valence-corrected chi connectivity index (χ2v) is 5.44. The van der Waals surface area contributed by atoms with Crippen LogP contribution in [0.2, 0.25) is 0 Å². The number of aryl methyl sites for hydroxylation is 1. The number of fused-ring (bicyclic) bond motifs is 1. The normalized spacial score (nSPS) is 11.8. The van der Waals surface area contributed by atoms with Crippen LogP contribution in [0.15, 0.2) is 62.7 Å². The van der Waals surface area contributed by atoms with Gasteiger partial charge in [-0.05, 0) is 37.1 Å². The maximum absolute atomic E-state index is 12.2. The zero-order valence-electron chi connectivity index (χ0n) is 13.0. The van der Waals surface area contributed by atoms with Gasteiger partial charge in [0.1, 0.15) is 16.9 Å². The number of rotatable bonds is 3. The van der Waals surface area contributed by atoms with Crippen LogP contribution in [0.5, 0.6) is 5.75 Å². The SMILES string of the molecule is CC(=NCc1ccccc1C)c1c(O)c2ccccc2oc1=O. The van der Waals surface area contributed by atoms with E-state index in [2.05, 4.69) is 4.99 Å². The lowest BCUT2D eigenvalue weighted by Crippen LogP contribution is -2.13. The van der Waals surface area contributed by atoms with Crippen LogP contribution >= 0.6 is 0 Å². The van der Waals surface area contributed by atoms with E-state index in [0.29, 0.717) is 23.2 Å². The number of nitrogens with zero attached hydrogens (tertiary/aromatic N) is 1. The largest absolute Gasteiger partial charge is 0.506 e. The molecule has 0 aliphatic carbocycles. The lowest BCUT2D eigenvalue weighted by atomic mass is 10.1. The summed E-state index contributed by atoms with van der Waals surface area (Å²) in [7, 11) is 0. The Bertz CT molecular complexity index is 954. The zero-order chi connectivity index (χ0) is 16.4. The zero-order valence-corrected chi connectivity index (χ0v) is 13.0. The van der Waals surface area contributed by atoms with Crippen LogP contribution < -0.4 is 5.63 Å². The standard InChI is InChI=1S/C19H17NO3/c1-12-7-3-4-8-14(12)11-20-13(2)17-18(21)15-9-5-6-10-16(15)23-19(17)22/h3-10,21H,11H2,1-2H3. The molecule has 116 valence electrons.